The van der Waals surface area contributed by atoms with Crippen LogP contribution in [0.5, 0.6) is 11.6 Å². The molecule has 1 aromatic carbocycles. The Morgan fingerprint density at radius 2 is 1.89 bits per heavy atom. The summed E-state index contributed by atoms with van der Waals surface area (Å²) in [6.45, 7) is 2.63. The maximum atomic E-state index is 5.79. The van der Waals surface area contributed by atoms with Gasteiger partial charge in [-0.05, 0) is 19.1 Å². The lowest BCUT2D eigenvalue weighted by molar-refractivity contribution is 0.465. The largest absolute Gasteiger partial charge is 0.437 e. The molecule has 0 atom stereocenters. The second-order valence-corrected chi connectivity index (χ2v) is 3.60. The van der Waals surface area contributed by atoms with Crippen LogP contribution >= 0.6 is 0 Å². The van der Waals surface area contributed by atoms with Crippen LogP contribution in [0.4, 0.5) is 17.5 Å². The van der Waals surface area contributed by atoms with Crippen LogP contribution in [-0.2, 0) is 0 Å². The highest BCUT2D eigenvalue weighted by molar-refractivity contribution is 5.67. The Hall–Kier alpha value is -2.50. The van der Waals surface area contributed by atoms with E-state index in [1.807, 2.05) is 37.3 Å². The topological polar surface area (TPSA) is 99.1 Å². The van der Waals surface area contributed by atoms with E-state index in [4.69, 9.17) is 16.2 Å². The van der Waals surface area contributed by atoms with Crippen molar-refractivity contribution in [3.63, 3.8) is 0 Å². The van der Waals surface area contributed by atoms with Gasteiger partial charge in [-0.2, -0.15) is 9.97 Å². The van der Waals surface area contributed by atoms with Crippen LogP contribution in [0.1, 0.15) is 6.92 Å². The Morgan fingerprint density at radius 3 is 2.56 bits per heavy atom. The van der Waals surface area contributed by atoms with Crippen molar-refractivity contribution in [1.29, 1.82) is 0 Å². The Morgan fingerprint density at radius 1 is 1.17 bits per heavy atom. The fourth-order valence-corrected chi connectivity index (χ4v) is 1.38. The van der Waals surface area contributed by atoms with Crippen LogP contribution in [0, 0.1) is 0 Å². The number of hydrogen-bond acceptors (Lipinski definition) is 6. The number of nitrogens with two attached hydrogens (primary N) is 2. The second-order valence-electron chi connectivity index (χ2n) is 3.60. The zero-order valence-corrected chi connectivity index (χ0v) is 10.1. The Kier molecular flexibility index (Phi) is 3.47. The molecule has 0 aliphatic carbocycles. The van der Waals surface area contributed by atoms with Gasteiger partial charge in [-0.1, -0.05) is 18.2 Å². The van der Waals surface area contributed by atoms with Crippen molar-refractivity contribution in [2.45, 2.75) is 6.92 Å². The molecule has 94 valence electrons. The third-order valence-electron chi connectivity index (χ3n) is 2.23. The van der Waals surface area contributed by atoms with Gasteiger partial charge in [-0.15, -0.1) is 0 Å². The lowest BCUT2D eigenvalue weighted by Gasteiger charge is -2.10. The first-order chi connectivity index (χ1) is 8.70. The normalized spacial score (nSPS) is 10.1. The Labute approximate surface area is 105 Å². The molecule has 0 fully saturated rings. The van der Waals surface area contributed by atoms with Crippen molar-refractivity contribution in [3.05, 3.63) is 30.3 Å². The van der Waals surface area contributed by atoms with Crippen molar-refractivity contribution in [2.24, 2.45) is 0 Å². The number of ether oxygens (including phenoxy) is 1. The summed E-state index contributed by atoms with van der Waals surface area (Å²) in [6, 6.07) is 9.24. The molecule has 0 spiro atoms. The molecule has 0 aliphatic rings. The predicted molar refractivity (Wildman–Crippen MR) is 71.5 cm³/mol. The van der Waals surface area contributed by atoms with E-state index in [0.717, 1.165) is 0 Å². The molecule has 0 aliphatic heterocycles. The molecule has 0 bridgehead atoms. The van der Waals surface area contributed by atoms with Crippen LogP contribution in [0.25, 0.3) is 0 Å². The van der Waals surface area contributed by atoms with Gasteiger partial charge in [0.25, 0.3) is 0 Å². The first kappa shape index (κ1) is 12.0. The van der Waals surface area contributed by atoms with Gasteiger partial charge in [0.1, 0.15) is 11.4 Å². The van der Waals surface area contributed by atoms with Crippen LogP contribution in [-0.4, -0.2) is 16.5 Å². The van der Waals surface area contributed by atoms with E-state index in [2.05, 4.69) is 15.3 Å². The predicted octanol–water partition coefficient (Wildman–Crippen LogP) is 1.87. The molecule has 1 heterocycles. The van der Waals surface area contributed by atoms with E-state index >= 15 is 0 Å². The smallest absolute Gasteiger partial charge is 0.249 e. The first-order valence-corrected chi connectivity index (χ1v) is 5.60. The average Bonchev–Trinajstić information content (AvgIpc) is 2.37. The highest BCUT2D eigenvalue weighted by Gasteiger charge is 2.11. The minimum absolute atomic E-state index is 0.201. The lowest BCUT2D eigenvalue weighted by atomic mass is 10.3. The summed E-state index contributed by atoms with van der Waals surface area (Å²) < 4.78 is 5.58. The number of anilines is 3. The van der Waals surface area contributed by atoms with E-state index in [9.17, 15) is 0 Å². The minimum Gasteiger partial charge on any atom is -0.437 e. The van der Waals surface area contributed by atoms with E-state index in [1.54, 1.807) is 0 Å². The van der Waals surface area contributed by atoms with Crippen molar-refractivity contribution >= 4 is 17.5 Å². The number of aromatic nitrogens is 2. The number of nitrogen functional groups attached to an aromatic ring is 2. The molecule has 18 heavy (non-hydrogen) atoms. The third-order valence-corrected chi connectivity index (χ3v) is 2.23. The first-order valence-electron chi connectivity index (χ1n) is 5.60. The Bertz CT molecular complexity index is 529. The monoisotopic (exact) mass is 245 g/mol. The molecule has 5 N–H and O–H groups in total. The number of nitrogens with one attached hydrogen (secondary N) is 1. The fraction of sp³-hybridized carbons (Fsp3) is 0.167. The van der Waals surface area contributed by atoms with Crippen LogP contribution in [0.15, 0.2) is 30.3 Å². The van der Waals surface area contributed by atoms with E-state index in [1.165, 1.54) is 0 Å². The van der Waals surface area contributed by atoms with Gasteiger partial charge in [0, 0.05) is 6.54 Å². The zero-order valence-electron chi connectivity index (χ0n) is 10.1. The van der Waals surface area contributed by atoms with Gasteiger partial charge < -0.3 is 21.5 Å². The van der Waals surface area contributed by atoms with Crippen molar-refractivity contribution in [3.8, 4) is 11.6 Å². The summed E-state index contributed by atoms with van der Waals surface area (Å²) in [6.07, 6.45) is 0. The van der Waals surface area contributed by atoms with Crippen LogP contribution in [0.2, 0.25) is 0 Å². The molecule has 0 radical (unpaired) electrons. The standard InChI is InChI=1S/C12H15N5O/c1-2-15-12-16-10(14)9(13)11(17-12)18-8-6-4-3-5-7-8/h3-7H,2,13H2,1H3,(H3,14,15,16,17). The van der Waals surface area contributed by atoms with Crippen molar-refractivity contribution in [1.82, 2.24) is 9.97 Å². The fourth-order valence-electron chi connectivity index (χ4n) is 1.38. The highest BCUT2D eigenvalue weighted by atomic mass is 16.5. The Balaban J connectivity index is 2.31. The van der Waals surface area contributed by atoms with Gasteiger partial charge in [0.05, 0.1) is 0 Å². The zero-order chi connectivity index (χ0) is 13.0. The van der Waals surface area contributed by atoms with E-state index in [-0.39, 0.29) is 17.4 Å². The summed E-state index contributed by atoms with van der Waals surface area (Å²) in [5.41, 5.74) is 11.7. The highest BCUT2D eigenvalue weighted by Crippen LogP contribution is 2.29. The van der Waals surface area contributed by atoms with Crippen molar-refractivity contribution in [2.75, 3.05) is 23.3 Å². The van der Waals surface area contributed by atoms with Gasteiger partial charge in [-0.25, -0.2) is 0 Å². The average molecular weight is 245 g/mol. The van der Waals surface area contributed by atoms with Crippen LogP contribution < -0.4 is 21.5 Å². The third kappa shape index (κ3) is 2.60. The minimum atomic E-state index is 0.201. The molecule has 1 aromatic heterocycles. The summed E-state index contributed by atoms with van der Waals surface area (Å²) >= 11 is 0. The molecule has 0 saturated carbocycles. The van der Waals surface area contributed by atoms with Crippen LogP contribution in [0.3, 0.4) is 0 Å². The second kappa shape index (κ2) is 5.22. The molecule has 2 rings (SSSR count). The molecule has 0 unspecified atom stereocenters. The van der Waals surface area contributed by atoms with Gasteiger partial charge >= 0.3 is 0 Å². The van der Waals surface area contributed by atoms with E-state index < -0.39 is 0 Å². The number of nitrogens with zero attached hydrogens (tertiary/aromatic N) is 2. The number of hydrogen-bond donors (Lipinski definition) is 3. The van der Waals surface area contributed by atoms with Crippen molar-refractivity contribution < 1.29 is 4.74 Å². The molecule has 2 aromatic rings. The number of rotatable bonds is 4. The SMILES string of the molecule is CCNc1nc(N)c(N)c(Oc2ccccc2)n1. The maximum Gasteiger partial charge on any atom is 0.249 e. The molecule has 0 amide bonds. The number of benzene rings is 1. The lowest BCUT2D eigenvalue weighted by Crippen LogP contribution is -2.08. The molecule has 6 nitrogen and oxygen atoms in total. The molecule has 0 saturated heterocycles. The maximum absolute atomic E-state index is 5.79. The molecular weight excluding hydrogens is 230 g/mol. The summed E-state index contributed by atoms with van der Waals surface area (Å²) in [7, 11) is 0. The summed E-state index contributed by atoms with van der Waals surface area (Å²) in [5, 5.41) is 2.96. The summed E-state index contributed by atoms with van der Waals surface area (Å²) in [4.78, 5) is 8.18. The van der Waals surface area contributed by atoms with Gasteiger partial charge in [-0.3, -0.25) is 0 Å². The van der Waals surface area contributed by atoms with Gasteiger partial charge in [0.2, 0.25) is 11.8 Å². The molecular formula is C12H15N5O. The number of para-hydroxylation sites is 1. The molecule has 6 heteroatoms. The van der Waals surface area contributed by atoms with E-state index in [0.29, 0.717) is 18.2 Å². The quantitative estimate of drug-likeness (QED) is 0.760. The summed E-state index contributed by atoms with van der Waals surface area (Å²) in [5.74, 6) is 1.50. The van der Waals surface area contributed by atoms with Gasteiger partial charge in [0.15, 0.2) is 5.82 Å².